The molecule has 0 spiro atoms. The summed E-state index contributed by atoms with van der Waals surface area (Å²) in [6.45, 7) is 5.05. The molecule has 1 saturated heterocycles. The van der Waals surface area contributed by atoms with Crippen molar-refractivity contribution in [1.29, 1.82) is 0 Å². The molecule has 0 aromatic carbocycles. The van der Waals surface area contributed by atoms with Gasteiger partial charge in [-0.3, -0.25) is 4.79 Å². The molecule has 0 saturated carbocycles. The molecule has 0 aliphatic carbocycles. The van der Waals surface area contributed by atoms with Crippen molar-refractivity contribution >= 4 is 5.91 Å². The van der Waals surface area contributed by atoms with Gasteiger partial charge in [0.25, 0.3) is 0 Å². The van der Waals surface area contributed by atoms with Gasteiger partial charge in [0.15, 0.2) is 0 Å². The number of carbonyl (C=O) groups excluding carboxylic acids is 1. The first kappa shape index (κ1) is 9.52. The normalized spacial score (nSPS) is 22.4. The molecule has 12 heavy (non-hydrogen) atoms. The van der Waals surface area contributed by atoms with E-state index >= 15 is 0 Å². The Morgan fingerprint density at radius 1 is 1.50 bits per heavy atom. The average molecular weight is 171 g/mol. The lowest BCUT2D eigenvalue weighted by Crippen LogP contribution is -2.39. The minimum atomic E-state index is -0.223. The number of likely N-dealkylation sites (tertiary alicyclic amines) is 1. The number of aliphatic hydroxyl groups is 1. The summed E-state index contributed by atoms with van der Waals surface area (Å²) in [6, 6.07) is 0. The van der Waals surface area contributed by atoms with Gasteiger partial charge in [-0.1, -0.05) is 0 Å². The highest BCUT2D eigenvalue weighted by Gasteiger charge is 2.23. The van der Waals surface area contributed by atoms with Crippen LogP contribution in [0.4, 0.5) is 0 Å². The Morgan fingerprint density at radius 3 is 2.33 bits per heavy atom. The molecular formula is C9H17NO2. The summed E-state index contributed by atoms with van der Waals surface area (Å²) in [5, 5.41) is 9.30. The quantitative estimate of drug-likeness (QED) is 0.628. The van der Waals surface area contributed by atoms with Crippen LogP contribution in [0.3, 0.4) is 0 Å². The van der Waals surface area contributed by atoms with Gasteiger partial charge in [-0.15, -0.1) is 0 Å². The molecule has 1 aliphatic heterocycles. The Hall–Kier alpha value is -0.570. The highest BCUT2D eigenvalue weighted by atomic mass is 16.3. The second kappa shape index (κ2) is 3.90. The van der Waals surface area contributed by atoms with Crippen LogP contribution in [0.5, 0.6) is 0 Å². The molecular weight excluding hydrogens is 154 g/mol. The largest absolute Gasteiger partial charge is 0.393 e. The average Bonchev–Trinajstić information content (AvgIpc) is 2.04. The van der Waals surface area contributed by atoms with Crippen molar-refractivity contribution in [2.24, 2.45) is 5.92 Å². The van der Waals surface area contributed by atoms with E-state index in [4.69, 9.17) is 0 Å². The number of carbonyl (C=O) groups is 1. The Kier molecular flexibility index (Phi) is 3.09. The number of amides is 1. The zero-order valence-electron chi connectivity index (χ0n) is 7.79. The minimum absolute atomic E-state index is 0.152. The molecule has 0 aromatic heterocycles. The smallest absolute Gasteiger partial charge is 0.219 e. The first-order chi connectivity index (χ1) is 5.61. The van der Waals surface area contributed by atoms with Gasteiger partial charge in [-0.2, -0.15) is 0 Å². The molecule has 70 valence electrons. The Balaban J connectivity index is 2.34. The van der Waals surface area contributed by atoms with E-state index < -0.39 is 0 Å². The lowest BCUT2D eigenvalue weighted by molar-refractivity contribution is -0.130. The van der Waals surface area contributed by atoms with Crippen molar-refractivity contribution in [3.63, 3.8) is 0 Å². The lowest BCUT2D eigenvalue weighted by Gasteiger charge is -2.32. The van der Waals surface area contributed by atoms with Crippen LogP contribution in [-0.4, -0.2) is 35.1 Å². The predicted molar refractivity (Wildman–Crippen MR) is 46.7 cm³/mol. The van der Waals surface area contributed by atoms with E-state index in [1.807, 2.05) is 11.8 Å². The Labute approximate surface area is 73.4 Å². The standard InChI is InChI=1S/C9H17NO2/c1-7(11)9-3-5-10(6-4-9)8(2)12/h7,9,11H,3-6H2,1-2H3. The minimum Gasteiger partial charge on any atom is -0.393 e. The van der Waals surface area contributed by atoms with Gasteiger partial charge >= 0.3 is 0 Å². The van der Waals surface area contributed by atoms with Crippen molar-refractivity contribution in [3.8, 4) is 0 Å². The van der Waals surface area contributed by atoms with Gasteiger partial charge in [0.1, 0.15) is 0 Å². The fraction of sp³-hybridized carbons (Fsp3) is 0.889. The third-order valence-corrected chi connectivity index (χ3v) is 2.67. The molecule has 1 amide bonds. The van der Waals surface area contributed by atoms with Gasteiger partial charge < -0.3 is 10.0 Å². The number of hydrogen-bond donors (Lipinski definition) is 1. The van der Waals surface area contributed by atoms with Gasteiger partial charge in [-0.25, -0.2) is 0 Å². The molecule has 1 fully saturated rings. The van der Waals surface area contributed by atoms with E-state index in [0.717, 1.165) is 25.9 Å². The Morgan fingerprint density at radius 2 is 2.00 bits per heavy atom. The number of piperidine rings is 1. The Bertz CT molecular complexity index is 160. The third kappa shape index (κ3) is 2.21. The van der Waals surface area contributed by atoms with Gasteiger partial charge in [0.2, 0.25) is 5.91 Å². The molecule has 1 atom stereocenters. The predicted octanol–water partition coefficient (Wildman–Crippen LogP) is 0.626. The summed E-state index contributed by atoms with van der Waals surface area (Å²) in [7, 11) is 0. The summed E-state index contributed by atoms with van der Waals surface area (Å²) < 4.78 is 0. The van der Waals surface area contributed by atoms with E-state index in [2.05, 4.69) is 0 Å². The van der Waals surface area contributed by atoms with E-state index in [9.17, 15) is 9.90 Å². The van der Waals surface area contributed by atoms with Crippen molar-refractivity contribution < 1.29 is 9.90 Å². The van der Waals surface area contributed by atoms with Crippen molar-refractivity contribution in [2.45, 2.75) is 32.8 Å². The van der Waals surface area contributed by atoms with Crippen LogP contribution in [0.2, 0.25) is 0 Å². The maximum Gasteiger partial charge on any atom is 0.219 e. The van der Waals surface area contributed by atoms with E-state index in [1.54, 1.807) is 6.92 Å². The summed E-state index contributed by atoms with van der Waals surface area (Å²) in [4.78, 5) is 12.8. The number of rotatable bonds is 1. The topological polar surface area (TPSA) is 40.5 Å². The molecule has 1 heterocycles. The van der Waals surface area contributed by atoms with Crippen LogP contribution in [0, 0.1) is 5.92 Å². The molecule has 3 heteroatoms. The van der Waals surface area contributed by atoms with Crippen LogP contribution in [0.1, 0.15) is 26.7 Å². The van der Waals surface area contributed by atoms with Gasteiger partial charge in [0.05, 0.1) is 6.10 Å². The fourth-order valence-corrected chi connectivity index (χ4v) is 1.70. The molecule has 3 nitrogen and oxygen atoms in total. The maximum atomic E-state index is 10.9. The van der Waals surface area contributed by atoms with E-state index in [0.29, 0.717) is 5.92 Å². The van der Waals surface area contributed by atoms with Gasteiger partial charge in [0, 0.05) is 20.0 Å². The van der Waals surface area contributed by atoms with Crippen LogP contribution >= 0.6 is 0 Å². The number of hydrogen-bond acceptors (Lipinski definition) is 2. The molecule has 0 radical (unpaired) electrons. The second-order valence-electron chi connectivity index (χ2n) is 3.58. The highest BCUT2D eigenvalue weighted by Crippen LogP contribution is 2.20. The highest BCUT2D eigenvalue weighted by molar-refractivity contribution is 5.73. The number of aliphatic hydroxyl groups excluding tert-OH is 1. The summed E-state index contributed by atoms with van der Waals surface area (Å²) in [6.07, 6.45) is 1.66. The SMILES string of the molecule is CC(=O)N1CCC(C(C)O)CC1. The van der Waals surface area contributed by atoms with Crippen LogP contribution in [0.15, 0.2) is 0 Å². The van der Waals surface area contributed by atoms with E-state index in [-0.39, 0.29) is 12.0 Å². The fourth-order valence-electron chi connectivity index (χ4n) is 1.70. The zero-order valence-corrected chi connectivity index (χ0v) is 7.79. The van der Waals surface area contributed by atoms with E-state index in [1.165, 1.54) is 0 Å². The van der Waals surface area contributed by atoms with Crippen molar-refractivity contribution in [3.05, 3.63) is 0 Å². The summed E-state index contributed by atoms with van der Waals surface area (Å²) in [5.41, 5.74) is 0. The second-order valence-corrected chi connectivity index (χ2v) is 3.58. The maximum absolute atomic E-state index is 10.9. The third-order valence-electron chi connectivity index (χ3n) is 2.67. The van der Waals surface area contributed by atoms with Crippen LogP contribution < -0.4 is 0 Å². The van der Waals surface area contributed by atoms with Gasteiger partial charge in [-0.05, 0) is 25.7 Å². The first-order valence-electron chi connectivity index (χ1n) is 4.55. The number of nitrogens with zero attached hydrogens (tertiary/aromatic N) is 1. The molecule has 0 aromatic rings. The molecule has 0 bridgehead atoms. The first-order valence-corrected chi connectivity index (χ1v) is 4.55. The monoisotopic (exact) mass is 171 g/mol. The molecule has 1 N–H and O–H groups in total. The van der Waals surface area contributed by atoms with Crippen LogP contribution in [0.25, 0.3) is 0 Å². The molecule has 1 unspecified atom stereocenters. The molecule has 1 rings (SSSR count). The molecule has 1 aliphatic rings. The summed E-state index contributed by atoms with van der Waals surface area (Å²) in [5.74, 6) is 0.541. The summed E-state index contributed by atoms with van der Waals surface area (Å²) >= 11 is 0. The zero-order chi connectivity index (χ0) is 9.14. The lowest BCUT2D eigenvalue weighted by atomic mass is 9.92. The van der Waals surface area contributed by atoms with Crippen molar-refractivity contribution in [2.75, 3.05) is 13.1 Å². The van der Waals surface area contributed by atoms with Crippen molar-refractivity contribution in [1.82, 2.24) is 4.90 Å². The van der Waals surface area contributed by atoms with Crippen LogP contribution in [-0.2, 0) is 4.79 Å².